The third-order valence-electron chi connectivity index (χ3n) is 3.38. The van der Waals surface area contributed by atoms with Gasteiger partial charge in [-0.25, -0.2) is 0 Å². The molecule has 2 rings (SSSR count). The number of para-hydroxylation sites is 1. The van der Waals surface area contributed by atoms with Crippen LogP contribution in [0.5, 0.6) is 5.75 Å². The van der Waals surface area contributed by atoms with Crippen molar-refractivity contribution in [2.45, 2.75) is 31.6 Å². The third-order valence-corrected chi connectivity index (χ3v) is 3.95. The number of hydrogen-bond donors (Lipinski definition) is 1. The molecule has 104 valence electrons. The smallest absolute Gasteiger partial charge is 0.227 e. The van der Waals surface area contributed by atoms with Crippen LogP contribution in [0.4, 0.5) is 0 Å². The Hall–Kier alpha value is -1.03. The zero-order valence-electron chi connectivity index (χ0n) is 11.0. The van der Waals surface area contributed by atoms with Crippen LogP contribution in [0.15, 0.2) is 24.3 Å². The maximum atomic E-state index is 12.2. The summed E-state index contributed by atoms with van der Waals surface area (Å²) in [5.41, 5.74) is 1.02. The zero-order chi connectivity index (χ0) is 13.5. The first kappa shape index (κ1) is 14.4. The number of alkyl halides is 1. The molecule has 1 aliphatic rings. The summed E-state index contributed by atoms with van der Waals surface area (Å²) < 4.78 is 5.58. The maximum Gasteiger partial charge on any atom is 0.227 e. The van der Waals surface area contributed by atoms with E-state index in [1.54, 1.807) is 0 Å². The molecule has 0 aliphatic carbocycles. The number of amides is 1. The molecule has 4 heteroatoms. The Kier molecular flexibility index (Phi) is 5.70. The summed E-state index contributed by atoms with van der Waals surface area (Å²) in [7, 11) is 0. The normalized spacial score (nSPS) is 17.4. The van der Waals surface area contributed by atoms with Crippen LogP contribution in [-0.4, -0.2) is 24.4 Å². The molecule has 1 aromatic carbocycles. The van der Waals surface area contributed by atoms with Crippen LogP contribution in [0, 0.1) is 0 Å². The van der Waals surface area contributed by atoms with Crippen LogP contribution in [0.2, 0.25) is 0 Å². The second-order valence-corrected chi connectivity index (χ2v) is 5.56. The van der Waals surface area contributed by atoms with E-state index in [1.807, 2.05) is 24.3 Å². The molecule has 3 nitrogen and oxygen atoms in total. The van der Waals surface area contributed by atoms with E-state index < -0.39 is 0 Å². The predicted molar refractivity (Wildman–Crippen MR) is 79.9 cm³/mol. The number of fused-ring (bicyclic) bond motifs is 1. The summed E-state index contributed by atoms with van der Waals surface area (Å²) in [6, 6.07) is 7.83. The average molecular weight is 326 g/mol. The second kappa shape index (κ2) is 7.53. The van der Waals surface area contributed by atoms with E-state index in [2.05, 4.69) is 21.2 Å². The molecular formula is C15H20BrNO2. The Bertz CT molecular complexity index is 422. The number of benzene rings is 1. The van der Waals surface area contributed by atoms with Crippen LogP contribution >= 0.6 is 15.9 Å². The lowest BCUT2D eigenvalue weighted by Crippen LogP contribution is -2.33. The molecule has 0 fully saturated rings. The Labute approximate surface area is 122 Å². The number of nitrogens with one attached hydrogen (secondary N) is 1. The van der Waals surface area contributed by atoms with Gasteiger partial charge in [-0.15, -0.1) is 0 Å². The second-order valence-electron chi connectivity index (χ2n) is 4.77. The van der Waals surface area contributed by atoms with Crippen molar-refractivity contribution in [1.82, 2.24) is 5.32 Å². The first-order valence-corrected chi connectivity index (χ1v) is 8.00. The zero-order valence-corrected chi connectivity index (χ0v) is 12.6. The van der Waals surface area contributed by atoms with Crippen LogP contribution < -0.4 is 10.1 Å². The number of rotatable bonds is 6. The monoisotopic (exact) mass is 325 g/mol. The number of unbranched alkanes of at least 4 members (excludes halogenated alkanes) is 2. The maximum absolute atomic E-state index is 12.2. The molecule has 19 heavy (non-hydrogen) atoms. The van der Waals surface area contributed by atoms with Gasteiger partial charge in [-0.1, -0.05) is 40.5 Å². The Morgan fingerprint density at radius 1 is 1.32 bits per heavy atom. The van der Waals surface area contributed by atoms with Gasteiger partial charge in [-0.05, 0) is 25.3 Å². The Morgan fingerprint density at radius 2 is 2.16 bits per heavy atom. The van der Waals surface area contributed by atoms with Crippen LogP contribution in [0.3, 0.4) is 0 Å². The molecule has 1 N–H and O–H groups in total. The fourth-order valence-electron chi connectivity index (χ4n) is 2.35. The minimum atomic E-state index is -0.0545. The first-order chi connectivity index (χ1) is 9.33. The van der Waals surface area contributed by atoms with Crippen molar-refractivity contribution in [3.63, 3.8) is 0 Å². The molecule has 1 aromatic rings. The first-order valence-electron chi connectivity index (χ1n) is 6.88. The summed E-state index contributed by atoms with van der Waals surface area (Å²) in [5.74, 6) is 0.934. The minimum absolute atomic E-state index is 0.0545. The molecule has 0 bridgehead atoms. The van der Waals surface area contributed by atoms with Crippen molar-refractivity contribution in [1.29, 1.82) is 0 Å². The molecule has 0 aromatic heterocycles. The molecule has 0 saturated heterocycles. The molecular weight excluding hydrogens is 306 g/mol. The summed E-state index contributed by atoms with van der Waals surface area (Å²) >= 11 is 3.41. The lowest BCUT2D eigenvalue weighted by atomic mass is 9.92. The Morgan fingerprint density at radius 3 is 3.00 bits per heavy atom. The standard InChI is InChI=1S/C15H20BrNO2/c16-9-4-1-5-10-17-15(18)13-8-11-19-14-7-3-2-6-12(13)14/h2-3,6-7,13H,1,4-5,8-11H2,(H,17,18). The quantitative estimate of drug-likeness (QED) is 0.644. The van der Waals surface area contributed by atoms with Gasteiger partial charge in [0.05, 0.1) is 12.5 Å². The van der Waals surface area contributed by atoms with Gasteiger partial charge in [0.25, 0.3) is 0 Å². The predicted octanol–water partition coefficient (Wildman–Crippen LogP) is 3.23. The molecule has 1 aliphatic heterocycles. The lowest BCUT2D eigenvalue weighted by molar-refractivity contribution is -0.123. The lowest BCUT2D eigenvalue weighted by Gasteiger charge is -2.25. The van der Waals surface area contributed by atoms with Crippen molar-refractivity contribution < 1.29 is 9.53 Å². The SMILES string of the molecule is O=C(NCCCCCBr)C1CCOc2ccccc21. The number of carbonyl (C=O) groups excluding carboxylic acids is 1. The topological polar surface area (TPSA) is 38.3 Å². The van der Waals surface area contributed by atoms with E-state index in [4.69, 9.17) is 4.74 Å². The molecule has 0 radical (unpaired) electrons. The molecule has 0 spiro atoms. The summed E-state index contributed by atoms with van der Waals surface area (Å²) in [5, 5.41) is 4.08. The van der Waals surface area contributed by atoms with E-state index in [-0.39, 0.29) is 11.8 Å². The van der Waals surface area contributed by atoms with Crippen LogP contribution in [0.1, 0.15) is 37.2 Å². The van der Waals surface area contributed by atoms with Crippen molar-refractivity contribution in [3.8, 4) is 5.75 Å². The highest BCUT2D eigenvalue weighted by atomic mass is 79.9. The summed E-state index contributed by atoms with van der Waals surface area (Å²) in [4.78, 5) is 12.2. The van der Waals surface area contributed by atoms with Gasteiger partial charge in [0.2, 0.25) is 5.91 Å². The van der Waals surface area contributed by atoms with Crippen molar-refractivity contribution in [3.05, 3.63) is 29.8 Å². The fourth-order valence-corrected chi connectivity index (χ4v) is 2.74. The molecule has 1 amide bonds. The van der Waals surface area contributed by atoms with E-state index in [1.165, 1.54) is 0 Å². The molecule has 1 heterocycles. The van der Waals surface area contributed by atoms with Crippen molar-refractivity contribution in [2.75, 3.05) is 18.5 Å². The highest BCUT2D eigenvalue weighted by Crippen LogP contribution is 2.33. The molecule has 0 saturated carbocycles. The van der Waals surface area contributed by atoms with Crippen LogP contribution in [-0.2, 0) is 4.79 Å². The summed E-state index contributed by atoms with van der Waals surface area (Å²) in [6.07, 6.45) is 4.12. The average Bonchev–Trinajstić information content (AvgIpc) is 2.46. The van der Waals surface area contributed by atoms with Crippen LogP contribution in [0.25, 0.3) is 0 Å². The number of carbonyl (C=O) groups is 1. The fraction of sp³-hybridized carbons (Fsp3) is 0.533. The highest BCUT2D eigenvalue weighted by molar-refractivity contribution is 9.09. The highest BCUT2D eigenvalue weighted by Gasteiger charge is 2.26. The van der Waals surface area contributed by atoms with Gasteiger partial charge in [0.1, 0.15) is 5.75 Å². The van der Waals surface area contributed by atoms with Gasteiger partial charge < -0.3 is 10.1 Å². The largest absolute Gasteiger partial charge is 0.493 e. The third kappa shape index (κ3) is 3.96. The number of ether oxygens (including phenoxy) is 1. The van der Waals surface area contributed by atoms with E-state index >= 15 is 0 Å². The number of halogens is 1. The van der Waals surface area contributed by atoms with E-state index in [9.17, 15) is 4.79 Å². The van der Waals surface area contributed by atoms with E-state index in [0.717, 1.165) is 48.9 Å². The molecule has 1 unspecified atom stereocenters. The van der Waals surface area contributed by atoms with Crippen molar-refractivity contribution in [2.24, 2.45) is 0 Å². The minimum Gasteiger partial charge on any atom is -0.493 e. The Balaban J connectivity index is 1.86. The van der Waals surface area contributed by atoms with E-state index in [0.29, 0.717) is 6.61 Å². The van der Waals surface area contributed by atoms with Gasteiger partial charge in [-0.3, -0.25) is 4.79 Å². The van der Waals surface area contributed by atoms with Gasteiger partial charge in [0, 0.05) is 17.4 Å². The summed E-state index contributed by atoms with van der Waals surface area (Å²) in [6.45, 7) is 1.39. The van der Waals surface area contributed by atoms with Gasteiger partial charge in [-0.2, -0.15) is 0 Å². The van der Waals surface area contributed by atoms with Crippen molar-refractivity contribution >= 4 is 21.8 Å². The number of hydrogen-bond acceptors (Lipinski definition) is 2. The van der Waals surface area contributed by atoms with Gasteiger partial charge >= 0.3 is 0 Å². The van der Waals surface area contributed by atoms with Gasteiger partial charge in [0.15, 0.2) is 0 Å². The molecule has 1 atom stereocenters.